The molecular formula is C18H19N3O4S. The molecule has 0 saturated heterocycles. The largest absolute Gasteiger partial charge is 0.493 e. The van der Waals surface area contributed by atoms with Crippen LogP contribution in [0, 0.1) is 10.1 Å². The Morgan fingerprint density at radius 1 is 1.35 bits per heavy atom. The summed E-state index contributed by atoms with van der Waals surface area (Å²) in [5.41, 5.74) is -0.196. The molecule has 0 aliphatic carbocycles. The van der Waals surface area contributed by atoms with Crippen LogP contribution in [-0.2, 0) is 5.60 Å². The smallest absolute Gasteiger partial charge is 0.270 e. The van der Waals surface area contributed by atoms with Gasteiger partial charge in [-0.05, 0) is 25.5 Å². The fraction of sp³-hybridized carbons (Fsp3) is 0.333. The maximum absolute atomic E-state index is 11.5. The van der Waals surface area contributed by atoms with Gasteiger partial charge < -0.3 is 9.84 Å². The van der Waals surface area contributed by atoms with Crippen LogP contribution in [0.25, 0.3) is 10.2 Å². The first kappa shape index (κ1) is 18.2. The van der Waals surface area contributed by atoms with Crippen LogP contribution in [0.4, 0.5) is 5.69 Å². The summed E-state index contributed by atoms with van der Waals surface area (Å²) in [5.74, 6) is 0.559. The molecular weight excluding hydrogens is 354 g/mol. The number of pyridine rings is 1. The van der Waals surface area contributed by atoms with Gasteiger partial charge in [0.2, 0.25) is 0 Å². The van der Waals surface area contributed by atoms with Crippen LogP contribution in [0.15, 0.2) is 36.7 Å². The Morgan fingerprint density at radius 2 is 2.15 bits per heavy atom. The first-order chi connectivity index (χ1) is 12.5. The van der Waals surface area contributed by atoms with Gasteiger partial charge in [-0.2, -0.15) is 0 Å². The minimum Gasteiger partial charge on any atom is -0.493 e. The summed E-state index contributed by atoms with van der Waals surface area (Å²) in [7, 11) is 0. The van der Waals surface area contributed by atoms with Crippen LogP contribution in [-0.4, -0.2) is 26.6 Å². The Balaban J connectivity index is 2.15. The van der Waals surface area contributed by atoms with Gasteiger partial charge in [0.05, 0.1) is 27.3 Å². The Labute approximate surface area is 154 Å². The van der Waals surface area contributed by atoms with E-state index < -0.39 is 10.5 Å². The molecule has 1 aromatic carbocycles. The van der Waals surface area contributed by atoms with Gasteiger partial charge >= 0.3 is 0 Å². The topological polar surface area (TPSA) is 98.4 Å². The van der Waals surface area contributed by atoms with Crippen molar-refractivity contribution in [3.8, 4) is 5.75 Å². The third kappa shape index (κ3) is 3.25. The maximum atomic E-state index is 11.5. The zero-order chi connectivity index (χ0) is 18.7. The number of aliphatic hydroxyl groups is 1. The van der Waals surface area contributed by atoms with E-state index in [4.69, 9.17) is 4.74 Å². The first-order valence-electron chi connectivity index (χ1n) is 8.34. The molecule has 2 aromatic heterocycles. The number of rotatable bonds is 7. The van der Waals surface area contributed by atoms with E-state index in [0.29, 0.717) is 46.0 Å². The number of nitrogens with zero attached hydrogens (tertiary/aromatic N) is 3. The highest BCUT2D eigenvalue weighted by Crippen LogP contribution is 2.42. The lowest BCUT2D eigenvalue weighted by molar-refractivity contribution is -0.384. The second-order valence-electron chi connectivity index (χ2n) is 5.84. The summed E-state index contributed by atoms with van der Waals surface area (Å²) in [6, 6.07) is 6.22. The molecule has 7 nitrogen and oxygen atoms in total. The summed E-state index contributed by atoms with van der Waals surface area (Å²) in [6.07, 6.45) is 4.35. The summed E-state index contributed by atoms with van der Waals surface area (Å²) in [5, 5.41) is 23.0. The highest BCUT2D eigenvalue weighted by Gasteiger charge is 2.37. The predicted molar refractivity (Wildman–Crippen MR) is 99.6 cm³/mol. The SMILES string of the molecule is CCCC(O)(c1nc2ccc([N+](=O)[O-])cc2s1)c1cnccc1OCC. The molecule has 0 bridgehead atoms. The molecule has 1 unspecified atom stereocenters. The van der Waals surface area contributed by atoms with Gasteiger partial charge in [-0.3, -0.25) is 15.1 Å². The molecule has 0 aliphatic rings. The molecule has 3 aromatic rings. The Hall–Kier alpha value is -2.58. The van der Waals surface area contributed by atoms with Crippen molar-refractivity contribution in [2.45, 2.75) is 32.3 Å². The molecule has 0 saturated carbocycles. The average Bonchev–Trinajstić information content (AvgIpc) is 3.06. The first-order valence-corrected chi connectivity index (χ1v) is 9.16. The number of nitro groups is 1. The fourth-order valence-electron chi connectivity index (χ4n) is 2.90. The van der Waals surface area contributed by atoms with Gasteiger partial charge in [0.15, 0.2) is 0 Å². The quantitative estimate of drug-likeness (QED) is 0.496. The van der Waals surface area contributed by atoms with E-state index >= 15 is 0 Å². The second-order valence-corrected chi connectivity index (χ2v) is 6.87. The monoisotopic (exact) mass is 373 g/mol. The minimum atomic E-state index is -1.37. The van der Waals surface area contributed by atoms with E-state index in [1.165, 1.54) is 23.5 Å². The molecule has 0 radical (unpaired) electrons. The molecule has 1 N–H and O–H groups in total. The van der Waals surface area contributed by atoms with E-state index in [1.54, 1.807) is 24.5 Å². The maximum Gasteiger partial charge on any atom is 0.270 e. The predicted octanol–water partition coefficient (Wildman–Crippen LogP) is 4.03. The number of benzene rings is 1. The zero-order valence-corrected chi connectivity index (χ0v) is 15.3. The lowest BCUT2D eigenvalue weighted by Gasteiger charge is -2.27. The van der Waals surface area contributed by atoms with E-state index in [1.807, 2.05) is 13.8 Å². The van der Waals surface area contributed by atoms with Crippen molar-refractivity contribution in [3.05, 3.63) is 57.3 Å². The van der Waals surface area contributed by atoms with Crippen molar-refractivity contribution in [1.29, 1.82) is 0 Å². The fourth-order valence-corrected chi connectivity index (χ4v) is 4.03. The molecule has 0 amide bonds. The number of thiazole rings is 1. The van der Waals surface area contributed by atoms with Crippen LogP contribution in [0.3, 0.4) is 0 Å². The number of aromatic nitrogens is 2. The Morgan fingerprint density at radius 3 is 2.85 bits per heavy atom. The van der Waals surface area contributed by atoms with Crippen molar-refractivity contribution in [2.24, 2.45) is 0 Å². The van der Waals surface area contributed by atoms with E-state index in [9.17, 15) is 15.2 Å². The van der Waals surface area contributed by atoms with Crippen LogP contribution in [0.5, 0.6) is 5.75 Å². The normalized spacial score (nSPS) is 13.5. The van der Waals surface area contributed by atoms with E-state index in [0.717, 1.165) is 0 Å². The Kier molecular flexibility index (Phi) is 5.15. The van der Waals surface area contributed by atoms with Crippen LogP contribution in [0.2, 0.25) is 0 Å². The van der Waals surface area contributed by atoms with Gasteiger partial charge in [-0.15, -0.1) is 11.3 Å². The second kappa shape index (κ2) is 7.35. The molecule has 136 valence electrons. The highest BCUT2D eigenvalue weighted by molar-refractivity contribution is 7.18. The number of ether oxygens (including phenoxy) is 1. The van der Waals surface area contributed by atoms with E-state index in [2.05, 4.69) is 9.97 Å². The number of fused-ring (bicyclic) bond motifs is 1. The van der Waals surface area contributed by atoms with Gasteiger partial charge in [0.1, 0.15) is 16.4 Å². The van der Waals surface area contributed by atoms with E-state index in [-0.39, 0.29) is 5.69 Å². The van der Waals surface area contributed by atoms with Gasteiger partial charge in [0, 0.05) is 24.5 Å². The average molecular weight is 373 g/mol. The number of hydrogen-bond acceptors (Lipinski definition) is 7. The molecule has 8 heteroatoms. The molecule has 0 spiro atoms. The number of hydrogen-bond donors (Lipinski definition) is 1. The zero-order valence-electron chi connectivity index (χ0n) is 14.5. The minimum absolute atomic E-state index is 0.00288. The highest BCUT2D eigenvalue weighted by atomic mass is 32.1. The van der Waals surface area contributed by atoms with Crippen LogP contribution >= 0.6 is 11.3 Å². The summed E-state index contributed by atoms with van der Waals surface area (Å²) < 4.78 is 6.32. The standard InChI is InChI=1S/C18H19N3O4S/c1-3-8-18(22,13-11-19-9-7-15(13)25-4-2)17-20-14-6-5-12(21(23)24)10-16(14)26-17/h5-7,9-11,22H,3-4,8H2,1-2H3. The molecule has 0 aliphatic heterocycles. The van der Waals surface area contributed by atoms with Crippen molar-refractivity contribution < 1.29 is 14.8 Å². The van der Waals surface area contributed by atoms with Gasteiger partial charge in [-0.1, -0.05) is 13.3 Å². The van der Waals surface area contributed by atoms with Gasteiger partial charge in [0.25, 0.3) is 5.69 Å². The van der Waals surface area contributed by atoms with Crippen LogP contribution < -0.4 is 4.74 Å². The lowest BCUT2D eigenvalue weighted by atomic mass is 9.90. The number of nitro benzene ring substituents is 1. The van der Waals surface area contributed by atoms with Crippen molar-refractivity contribution in [3.63, 3.8) is 0 Å². The molecule has 1 atom stereocenters. The van der Waals surface area contributed by atoms with Crippen molar-refractivity contribution in [2.75, 3.05) is 6.61 Å². The van der Waals surface area contributed by atoms with Crippen LogP contribution in [0.1, 0.15) is 37.3 Å². The molecule has 0 fully saturated rings. The van der Waals surface area contributed by atoms with Crippen molar-refractivity contribution >= 4 is 27.2 Å². The molecule has 26 heavy (non-hydrogen) atoms. The summed E-state index contributed by atoms with van der Waals surface area (Å²) >= 11 is 1.25. The lowest BCUT2D eigenvalue weighted by Crippen LogP contribution is -2.28. The molecule has 3 rings (SSSR count). The number of non-ortho nitro benzene ring substituents is 1. The third-order valence-corrected chi connectivity index (χ3v) is 5.24. The summed E-state index contributed by atoms with van der Waals surface area (Å²) in [4.78, 5) is 19.2. The third-order valence-electron chi connectivity index (χ3n) is 4.07. The van der Waals surface area contributed by atoms with Gasteiger partial charge in [-0.25, -0.2) is 4.98 Å². The molecule has 2 heterocycles. The Bertz CT molecular complexity index is 943. The summed E-state index contributed by atoms with van der Waals surface area (Å²) in [6.45, 7) is 4.31. The van der Waals surface area contributed by atoms with Crippen molar-refractivity contribution in [1.82, 2.24) is 9.97 Å².